The minimum absolute atomic E-state index is 0. The second-order valence-corrected chi connectivity index (χ2v) is 5.54. The number of nitrogens with one attached hydrogen (secondary N) is 1. The molecule has 8 heteroatoms. The third-order valence-electron chi connectivity index (χ3n) is 4.09. The van der Waals surface area contributed by atoms with Crippen LogP contribution in [0.3, 0.4) is 0 Å². The van der Waals surface area contributed by atoms with E-state index < -0.39 is 4.92 Å². The van der Waals surface area contributed by atoms with Gasteiger partial charge in [0.05, 0.1) is 10.5 Å². The van der Waals surface area contributed by atoms with Crippen LogP contribution in [0.15, 0.2) is 18.2 Å². The maximum atomic E-state index is 12.5. The Morgan fingerprint density at radius 1 is 1.43 bits per heavy atom. The van der Waals surface area contributed by atoms with Crippen LogP contribution in [-0.4, -0.2) is 41.9 Å². The number of amides is 1. The van der Waals surface area contributed by atoms with E-state index in [1.165, 1.54) is 12.1 Å². The molecule has 128 valence electrons. The Morgan fingerprint density at radius 2 is 2.09 bits per heavy atom. The quantitative estimate of drug-likeness (QED) is 0.484. The van der Waals surface area contributed by atoms with Crippen LogP contribution in [0.5, 0.6) is 0 Å². The summed E-state index contributed by atoms with van der Waals surface area (Å²) in [5.74, 6) is 0.356. The van der Waals surface area contributed by atoms with Gasteiger partial charge in [-0.1, -0.05) is 13.0 Å². The summed E-state index contributed by atoms with van der Waals surface area (Å²) in [7, 11) is 0. The van der Waals surface area contributed by atoms with E-state index in [0.29, 0.717) is 19.0 Å². The Labute approximate surface area is 141 Å². The molecule has 0 bridgehead atoms. The predicted octanol–water partition coefficient (Wildman–Crippen LogP) is 2.06. The van der Waals surface area contributed by atoms with E-state index in [2.05, 4.69) is 12.2 Å². The van der Waals surface area contributed by atoms with E-state index in [9.17, 15) is 14.9 Å². The van der Waals surface area contributed by atoms with Gasteiger partial charge in [0.2, 0.25) is 0 Å². The number of hydrogen-bond donors (Lipinski definition) is 2. The van der Waals surface area contributed by atoms with Crippen molar-refractivity contribution in [2.75, 3.05) is 31.9 Å². The van der Waals surface area contributed by atoms with Crippen LogP contribution >= 0.6 is 12.4 Å². The van der Waals surface area contributed by atoms with Gasteiger partial charge < -0.3 is 16.0 Å². The van der Waals surface area contributed by atoms with E-state index in [-0.39, 0.29) is 35.3 Å². The fraction of sp³-hybridized carbons (Fsp3) is 0.533. The van der Waals surface area contributed by atoms with Crippen LogP contribution in [-0.2, 0) is 0 Å². The number of nitrogens with two attached hydrogens (primary N) is 1. The van der Waals surface area contributed by atoms with Gasteiger partial charge in [-0.25, -0.2) is 0 Å². The van der Waals surface area contributed by atoms with Gasteiger partial charge in [-0.2, -0.15) is 0 Å². The van der Waals surface area contributed by atoms with Crippen LogP contribution in [0.2, 0.25) is 0 Å². The van der Waals surface area contributed by atoms with Gasteiger partial charge >= 0.3 is 0 Å². The molecule has 1 aliphatic rings. The van der Waals surface area contributed by atoms with Gasteiger partial charge in [-0.3, -0.25) is 14.9 Å². The minimum Gasteiger partial charge on any atom is -0.393 e. The first-order valence-corrected chi connectivity index (χ1v) is 7.57. The lowest BCUT2D eigenvalue weighted by Crippen LogP contribution is -2.41. The summed E-state index contributed by atoms with van der Waals surface area (Å²) in [4.78, 5) is 24.6. The van der Waals surface area contributed by atoms with Gasteiger partial charge in [-0.05, 0) is 37.9 Å². The van der Waals surface area contributed by atoms with E-state index in [4.69, 9.17) is 5.73 Å². The van der Waals surface area contributed by atoms with Crippen molar-refractivity contribution in [2.24, 2.45) is 5.92 Å². The second kappa shape index (κ2) is 8.69. The number of carbonyl (C=O) groups is 1. The first-order chi connectivity index (χ1) is 10.5. The molecule has 1 heterocycles. The summed E-state index contributed by atoms with van der Waals surface area (Å²) in [6.07, 6.45) is 1.88. The molecule has 1 aromatic rings. The summed E-state index contributed by atoms with van der Waals surface area (Å²) in [6.45, 7) is 5.32. The van der Waals surface area contributed by atoms with Crippen LogP contribution in [0, 0.1) is 16.0 Å². The average Bonchev–Trinajstić information content (AvgIpc) is 2.52. The average molecular weight is 343 g/mol. The second-order valence-electron chi connectivity index (χ2n) is 5.54. The molecule has 23 heavy (non-hydrogen) atoms. The third-order valence-corrected chi connectivity index (χ3v) is 4.09. The maximum Gasteiger partial charge on any atom is 0.292 e. The van der Waals surface area contributed by atoms with Crippen LogP contribution in [0.4, 0.5) is 11.4 Å². The largest absolute Gasteiger partial charge is 0.393 e. The zero-order valence-electron chi connectivity index (χ0n) is 13.2. The molecule has 3 N–H and O–H groups in total. The first kappa shape index (κ1) is 19.2. The molecule has 0 saturated carbocycles. The summed E-state index contributed by atoms with van der Waals surface area (Å²) >= 11 is 0. The smallest absolute Gasteiger partial charge is 0.292 e. The lowest BCUT2D eigenvalue weighted by molar-refractivity contribution is -0.383. The molecule has 1 aromatic carbocycles. The molecule has 2 rings (SSSR count). The molecule has 1 fully saturated rings. The van der Waals surface area contributed by atoms with Crippen molar-refractivity contribution in [1.29, 1.82) is 0 Å². The number of nitrogen functional groups attached to an aromatic ring is 1. The highest BCUT2D eigenvalue weighted by Crippen LogP contribution is 2.27. The van der Waals surface area contributed by atoms with Crippen LogP contribution < -0.4 is 11.1 Å². The molecule has 0 radical (unpaired) electrons. The molecule has 0 aliphatic carbocycles. The topological polar surface area (TPSA) is 102 Å². The lowest BCUT2D eigenvalue weighted by atomic mass is 9.96. The fourth-order valence-corrected chi connectivity index (χ4v) is 2.76. The van der Waals surface area contributed by atoms with Gasteiger partial charge in [-0.15, -0.1) is 12.4 Å². The Kier molecular flexibility index (Phi) is 7.25. The summed E-state index contributed by atoms with van der Waals surface area (Å²) < 4.78 is 0. The third kappa shape index (κ3) is 4.56. The SMILES string of the molecule is CCNCC1CCN(C(=O)c2cccc([N+](=O)[O-])c2N)CC1.Cl. The lowest BCUT2D eigenvalue weighted by Gasteiger charge is -2.32. The van der Waals surface area contributed by atoms with Crippen molar-refractivity contribution in [1.82, 2.24) is 10.2 Å². The number of rotatable bonds is 5. The number of nitro groups is 1. The number of halogens is 1. The number of piperidine rings is 1. The highest BCUT2D eigenvalue weighted by molar-refractivity contribution is 6.01. The Morgan fingerprint density at radius 3 is 2.65 bits per heavy atom. The summed E-state index contributed by atoms with van der Waals surface area (Å²) in [6, 6.07) is 4.36. The van der Waals surface area contributed by atoms with Crippen molar-refractivity contribution >= 4 is 29.7 Å². The van der Waals surface area contributed by atoms with Crippen LogP contribution in [0.1, 0.15) is 30.1 Å². The molecule has 0 unspecified atom stereocenters. The number of para-hydroxylation sites is 1. The highest BCUT2D eigenvalue weighted by Gasteiger charge is 2.26. The van der Waals surface area contributed by atoms with Crippen molar-refractivity contribution in [3.8, 4) is 0 Å². The maximum absolute atomic E-state index is 12.5. The van der Waals surface area contributed by atoms with Crippen LogP contribution in [0.25, 0.3) is 0 Å². The number of likely N-dealkylation sites (tertiary alicyclic amines) is 1. The van der Waals surface area contributed by atoms with E-state index >= 15 is 0 Å². The zero-order chi connectivity index (χ0) is 16.1. The van der Waals surface area contributed by atoms with E-state index in [0.717, 1.165) is 25.9 Å². The molecule has 1 saturated heterocycles. The first-order valence-electron chi connectivity index (χ1n) is 7.57. The number of nitrogens with zero attached hydrogens (tertiary/aromatic N) is 2. The molecular formula is C15H23ClN4O3. The van der Waals surface area contributed by atoms with Gasteiger partial charge in [0, 0.05) is 19.2 Å². The zero-order valence-corrected chi connectivity index (χ0v) is 14.0. The number of anilines is 1. The Hall–Kier alpha value is -1.86. The molecule has 7 nitrogen and oxygen atoms in total. The summed E-state index contributed by atoms with van der Waals surface area (Å²) in [5, 5.41) is 14.2. The van der Waals surface area contributed by atoms with Gasteiger partial charge in [0.25, 0.3) is 11.6 Å². The number of hydrogen-bond acceptors (Lipinski definition) is 5. The molecule has 0 aromatic heterocycles. The minimum atomic E-state index is -0.561. The van der Waals surface area contributed by atoms with E-state index in [1.807, 2.05) is 0 Å². The number of benzene rings is 1. The molecule has 0 spiro atoms. The fourth-order valence-electron chi connectivity index (χ4n) is 2.76. The predicted molar refractivity (Wildman–Crippen MR) is 91.9 cm³/mol. The molecule has 1 amide bonds. The molecular weight excluding hydrogens is 320 g/mol. The highest BCUT2D eigenvalue weighted by atomic mass is 35.5. The molecule has 0 atom stereocenters. The van der Waals surface area contributed by atoms with Crippen molar-refractivity contribution in [3.05, 3.63) is 33.9 Å². The number of nitro benzene ring substituents is 1. The standard InChI is InChI=1S/C15H22N4O3.ClH/c1-2-17-10-11-6-8-18(9-7-11)15(20)12-4-3-5-13(14(12)16)19(21)22;/h3-5,11,17H,2,6-10,16H2,1H3;1H. The van der Waals surface area contributed by atoms with Crippen molar-refractivity contribution < 1.29 is 9.72 Å². The van der Waals surface area contributed by atoms with Crippen molar-refractivity contribution in [2.45, 2.75) is 19.8 Å². The summed E-state index contributed by atoms with van der Waals surface area (Å²) in [5.41, 5.74) is 5.74. The van der Waals surface area contributed by atoms with E-state index in [1.54, 1.807) is 11.0 Å². The number of carbonyl (C=O) groups excluding carboxylic acids is 1. The Bertz CT molecular complexity index is 560. The monoisotopic (exact) mass is 342 g/mol. The molecule has 1 aliphatic heterocycles. The van der Waals surface area contributed by atoms with Crippen molar-refractivity contribution in [3.63, 3.8) is 0 Å². The van der Waals surface area contributed by atoms with Gasteiger partial charge in [0.15, 0.2) is 0 Å². The normalized spacial score (nSPS) is 15.1. The van der Waals surface area contributed by atoms with Gasteiger partial charge in [0.1, 0.15) is 5.69 Å². The Balaban J connectivity index is 0.00000264.